The van der Waals surface area contributed by atoms with Gasteiger partial charge in [0.25, 0.3) is 10.0 Å². The van der Waals surface area contributed by atoms with E-state index >= 15 is 0 Å². The van der Waals surface area contributed by atoms with Crippen molar-refractivity contribution in [2.45, 2.75) is 18.2 Å². The molecule has 0 amide bonds. The third-order valence-corrected chi connectivity index (χ3v) is 5.32. The molecule has 0 saturated carbocycles. The average Bonchev–Trinajstić information content (AvgIpc) is 2.85. The summed E-state index contributed by atoms with van der Waals surface area (Å²) in [7, 11) is -3.72. The predicted molar refractivity (Wildman–Crippen MR) is 60.5 cm³/mol. The molecule has 0 unspecified atom stereocenters. The Bertz CT molecular complexity index is 542. The number of rotatable bonds is 3. The van der Waals surface area contributed by atoms with Crippen molar-refractivity contribution in [1.82, 2.24) is 4.47 Å². The molecule has 17 heavy (non-hydrogen) atoms. The Kier molecular flexibility index (Phi) is 3.21. The number of hydrogen-bond acceptors (Lipinski definition) is 5. The second-order valence-electron chi connectivity index (χ2n) is 3.55. The first-order chi connectivity index (χ1) is 7.93. The molecule has 1 fully saturated rings. The van der Waals surface area contributed by atoms with E-state index in [2.05, 4.69) is 0 Å². The number of aryl methyl sites for hydroxylation is 1. The van der Waals surface area contributed by atoms with Gasteiger partial charge in [-0.05, 0) is 19.4 Å². The lowest BCUT2D eigenvalue weighted by atomic mass is 10.4. The molecule has 0 spiro atoms. The topological polar surface area (TPSA) is 83.9 Å². The van der Waals surface area contributed by atoms with Gasteiger partial charge in [-0.1, -0.05) is 4.47 Å². The zero-order valence-corrected chi connectivity index (χ0v) is 10.7. The molecule has 8 heteroatoms. The maximum Gasteiger partial charge on any atom is 0.345 e. The summed E-state index contributed by atoms with van der Waals surface area (Å²) in [6.45, 7) is 2.26. The fourth-order valence-electron chi connectivity index (χ4n) is 1.55. The van der Waals surface area contributed by atoms with Crippen molar-refractivity contribution in [1.29, 1.82) is 0 Å². The van der Waals surface area contributed by atoms with Crippen LogP contribution in [0.3, 0.4) is 0 Å². The summed E-state index contributed by atoms with van der Waals surface area (Å²) in [5.41, 5.74) is 0. The molecule has 0 bridgehead atoms. The van der Waals surface area contributed by atoms with Gasteiger partial charge < -0.3 is 5.11 Å². The van der Waals surface area contributed by atoms with Gasteiger partial charge >= 0.3 is 5.97 Å². The van der Waals surface area contributed by atoms with E-state index in [-0.39, 0.29) is 9.77 Å². The number of hydroxylamine groups is 1. The monoisotopic (exact) mass is 277 g/mol. The minimum Gasteiger partial charge on any atom is -0.477 e. The van der Waals surface area contributed by atoms with Gasteiger partial charge in [-0.25, -0.2) is 13.2 Å². The number of carboxylic acid groups (broad SMARTS) is 1. The predicted octanol–water partition coefficient (Wildman–Crippen LogP) is 1.08. The van der Waals surface area contributed by atoms with Gasteiger partial charge in [-0.3, -0.25) is 4.84 Å². The van der Waals surface area contributed by atoms with Crippen LogP contribution in [0.15, 0.2) is 11.0 Å². The number of aromatic carboxylic acids is 1. The molecule has 1 aromatic heterocycles. The molecule has 1 N–H and O–H groups in total. The van der Waals surface area contributed by atoms with Crippen LogP contribution in [0.5, 0.6) is 0 Å². The van der Waals surface area contributed by atoms with Crippen molar-refractivity contribution in [2.75, 3.05) is 13.2 Å². The fourth-order valence-corrected chi connectivity index (χ4v) is 4.25. The molecule has 0 radical (unpaired) electrons. The summed E-state index contributed by atoms with van der Waals surface area (Å²) >= 11 is 0.947. The first-order valence-electron chi connectivity index (χ1n) is 4.92. The molecule has 0 aromatic carbocycles. The summed E-state index contributed by atoms with van der Waals surface area (Å²) in [4.78, 5) is 16.3. The molecule has 1 aliphatic rings. The van der Waals surface area contributed by atoms with Crippen LogP contribution in [0.1, 0.15) is 21.0 Å². The first-order valence-corrected chi connectivity index (χ1v) is 7.18. The van der Waals surface area contributed by atoms with Gasteiger partial charge in [-0.2, -0.15) is 0 Å². The lowest BCUT2D eigenvalue weighted by Crippen LogP contribution is -2.26. The average molecular weight is 277 g/mol. The number of carboxylic acids is 1. The third kappa shape index (κ3) is 2.21. The van der Waals surface area contributed by atoms with Crippen LogP contribution in [0, 0.1) is 6.92 Å². The molecule has 2 rings (SSSR count). The molecule has 94 valence electrons. The number of nitrogens with zero attached hydrogens (tertiary/aromatic N) is 1. The van der Waals surface area contributed by atoms with Crippen LogP contribution >= 0.6 is 11.3 Å². The highest BCUT2D eigenvalue weighted by Gasteiger charge is 2.31. The van der Waals surface area contributed by atoms with Crippen molar-refractivity contribution in [3.05, 3.63) is 15.8 Å². The molecule has 0 atom stereocenters. The van der Waals surface area contributed by atoms with Gasteiger partial charge in [-0.15, -0.1) is 11.3 Å². The third-order valence-electron chi connectivity index (χ3n) is 2.35. The van der Waals surface area contributed by atoms with Crippen LogP contribution in [0.2, 0.25) is 0 Å². The zero-order chi connectivity index (χ0) is 12.6. The van der Waals surface area contributed by atoms with Crippen LogP contribution in [-0.4, -0.2) is 37.1 Å². The lowest BCUT2D eigenvalue weighted by Gasteiger charge is -2.13. The van der Waals surface area contributed by atoms with E-state index in [0.29, 0.717) is 24.4 Å². The quantitative estimate of drug-likeness (QED) is 0.893. The van der Waals surface area contributed by atoms with E-state index in [4.69, 9.17) is 9.94 Å². The Morgan fingerprint density at radius 3 is 2.76 bits per heavy atom. The van der Waals surface area contributed by atoms with Crippen molar-refractivity contribution < 1.29 is 23.2 Å². The minimum absolute atomic E-state index is 0.0141. The molecule has 2 heterocycles. The lowest BCUT2D eigenvalue weighted by molar-refractivity contribution is -0.0284. The smallest absolute Gasteiger partial charge is 0.345 e. The standard InChI is InChI=1S/C9H11NO5S2/c1-6-8(5-7(16-6)9(11)12)17(13,14)10-3-2-4-15-10/h5H,2-4H2,1H3,(H,11,12). The second kappa shape index (κ2) is 4.37. The van der Waals surface area contributed by atoms with Crippen LogP contribution in [0.4, 0.5) is 0 Å². The van der Waals surface area contributed by atoms with Crippen molar-refractivity contribution in [3.63, 3.8) is 0 Å². The summed E-state index contributed by atoms with van der Waals surface area (Å²) in [6, 6.07) is 1.18. The van der Waals surface area contributed by atoms with Gasteiger partial charge in [0.1, 0.15) is 4.88 Å². The molecule has 6 nitrogen and oxygen atoms in total. The van der Waals surface area contributed by atoms with E-state index in [1.54, 1.807) is 6.92 Å². The summed E-state index contributed by atoms with van der Waals surface area (Å²) in [5.74, 6) is -1.12. The SMILES string of the molecule is Cc1sc(C(=O)O)cc1S(=O)(=O)N1CCCO1. The minimum atomic E-state index is -3.72. The van der Waals surface area contributed by atoms with Crippen LogP contribution in [-0.2, 0) is 14.9 Å². The highest BCUT2D eigenvalue weighted by molar-refractivity contribution is 7.89. The zero-order valence-electron chi connectivity index (χ0n) is 9.04. The number of sulfonamides is 1. The Balaban J connectivity index is 2.42. The number of carbonyl (C=O) groups is 1. The van der Waals surface area contributed by atoms with Gasteiger partial charge in [0.15, 0.2) is 0 Å². The number of thiophene rings is 1. The maximum atomic E-state index is 12.1. The largest absolute Gasteiger partial charge is 0.477 e. The van der Waals surface area contributed by atoms with Gasteiger partial charge in [0.05, 0.1) is 11.5 Å². The summed E-state index contributed by atoms with van der Waals surface area (Å²) in [5, 5.41) is 8.82. The molecular formula is C9H11NO5S2. The first kappa shape index (κ1) is 12.5. The van der Waals surface area contributed by atoms with Gasteiger partial charge in [0.2, 0.25) is 0 Å². The highest BCUT2D eigenvalue weighted by Crippen LogP contribution is 2.29. The summed E-state index contributed by atoms with van der Waals surface area (Å²) < 4.78 is 25.1. The molecule has 1 aromatic rings. The Hall–Kier alpha value is -0.960. The van der Waals surface area contributed by atoms with Crippen LogP contribution in [0.25, 0.3) is 0 Å². The van der Waals surface area contributed by atoms with E-state index < -0.39 is 16.0 Å². The van der Waals surface area contributed by atoms with Crippen molar-refractivity contribution in [3.8, 4) is 0 Å². The Labute approximate surface area is 102 Å². The Morgan fingerprint density at radius 2 is 2.29 bits per heavy atom. The van der Waals surface area contributed by atoms with E-state index in [1.807, 2.05) is 0 Å². The Morgan fingerprint density at radius 1 is 1.59 bits per heavy atom. The number of hydrogen-bond donors (Lipinski definition) is 1. The second-order valence-corrected chi connectivity index (χ2v) is 6.61. The van der Waals surface area contributed by atoms with Gasteiger partial charge in [0, 0.05) is 11.4 Å². The molecule has 1 saturated heterocycles. The van der Waals surface area contributed by atoms with E-state index in [1.165, 1.54) is 6.07 Å². The molecule has 1 aliphatic heterocycles. The van der Waals surface area contributed by atoms with E-state index in [9.17, 15) is 13.2 Å². The fraction of sp³-hybridized carbons (Fsp3) is 0.444. The van der Waals surface area contributed by atoms with E-state index in [0.717, 1.165) is 15.8 Å². The van der Waals surface area contributed by atoms with Crippen molar-refractivity contribution in [2.24, 2.45) is 0 Å². The van der Waals surface area contributed by atoms with Crippen LogP contribution < -0.4 is 0 Å². The molecular weight excluding hydrogens is 266 g/mol. The highest BCUT2D eigenvalue weighted by atomic mass is 32.2. The molecule has 0 aliphatic carbocycles. The summed E-state index contributed by atoms with van der Waals surface area (Å²) in [6.07, 6.45) is 0.647. The maximum absolute atomic E-state index is 12.1. The normalized spacial score (nSPS) is 17.5. The van der Waals surface area contributed by atoms with Crippen molar-refractivity contribution >= 4 is 27.3 Å².